The molecule has 0 unspecified atom stereocenters. The lowest BCUT2D eigenvalue weighted by atomic mass is 10.2. The zero-order valence-electron chi connectivity index (χ0n) is 8.97. The van der Waals surface area contributed by atoms with Gasteiger partial charge in [-0.3, -0.25) is 4.72 Å². The largest absolute Gasteiger partial charge is 0.508 e. The van der Waals surface area contributed by atoms with E-state index < -0.39 is 16.2 Å². The number of nitrogens with one attached hydrogen (secondary N) is 2. The third-order valence-electron chi connectivity index (χ3n) is 1.81. The second-order valence-electron chi connectivity index (χ2n) is 3.14. The molecule has 1 rings (SSSR count). The van der Waals surface area contributed by atoms with Gasteiger partial charge in [-0.05, 0) is 18.2 Å². The minimum Gasteiger partial charge on any atom is -0.508 e. The molecule has 7 nitrogen and oxygen atoms in total. The molecule has 0 aromatic heterocycles. The fourth-order valence-corrected chi connectivity index (χ4v) is 2.09. The lowest BCUT2D eigenvalue weighted by molar-refractivity contribution is 0.0697. The van der Waals surface area contributed by atoms with Crippen molar-refractivity contribution in [3.63, 3.8) is 0 Å². The molecule has 1 aromatic carbocycles. The summed E-state index contributed by atoms with van der Waals surface area (Å²) in [6.07, 6.45) is 0. The molecule has 0 aliphatic carbocycles. The van der Waals surface area contributed by atoms with Crippen LogP contribution in [0.25, 0.3) is 0 Å². The Hall–Kier alpha value is -1.80. The maximum Gasteiger partial charge on any atom is 0.337 e. The minimum absolute atomic E-state index is 0.115. The number of phenolic OH excluding ortho intramolecular Hbond substituents is 1. The zero-order chi connectivity index (χ0) is 13.1. The molecule has 0 saturated heterocycles. The minimum atomic E-state index is -3.80. The van der Waals surface area contributed by atoms with Crippen LogP contribution < -0.4 is 9.44 Å². The first-order valence-electron chi connectivity index (χ1n) is 4.69. The number of carbonyl (C=O) groups is 1. The Labute approximate surface area is 98.3 Å². The Morgan fingerprint density at radius 3 is 2.59 bits per heavy atom. The van der Waals surface area contributed by atoms with E-state index in [1.54, 1.807) is 6.92 Å². The average molecular weight is 260 g/mol. The van der Waals surface area contributed by atoms with Crippen molar-refractivity contribution in [3.8, 4) is 5.75 Å². The van der Waals surface area contributed by atoms with Crippen LogP contribution in [0.5, 0.6) is 5.75 Å². The number of anilines is 1. The molecule has 1 aromatic rings. The van der Waals surface area contributed by atoms with E-state index in [-0.39, 0.29) is 23.5 Å². The molecular formula is C9H12N2O5S. The van der Waals surface area contributed by atoms with Gasteiger partial charge >= 0.3 is 5.97 Å². The van der Waals surface area contributed by atoms with Gasteiger partial charge in [0.05, 0.1) is 11.3 Å². The van der Waals surface area contributed by atoms with E-state index in [1.807, 2.05) is 0 Å². The van der Waals surface area contributed by atoms with Crippen LogP contribution in [-0.2, 0) is 10.2 Å². The predicted octanol–water partition coefficient (Wildman–Crippen LogP) is 0.357. The second-order valence-corrected chi connectivity index (χ2v) is 4.64. The Balaban J connectivity index is 3.11. The Kier molecular flexibility index (Phi) is 3.92. The van der Waals surface area contributed by atoms with E-state index in [9.17, 15) is 13.2 Å². The summed E-state index contributed by atoms with van der Waals surface area (Å²) in [4.78, 5) is 10.9. The fourth-order valence-electron chi connectivity index (χ4n) is 1.17. The van der Waals surface area contributed by atoms with Gasteiger partial charge in [0.2, 0.25) is 0 Å². The Morgan fingerprint density at radius 2 is 2.06 bits per heavy atom. The summed E-state index contributed by atoms with van der Waals surface area (Å²) in [5.74, 6) is -1.59. The molecule has 0 atom stereocenters. The molecule has 0 aliphatic rings. The van der Waals surface area contributed by atoms with Crippen molar-refractivity contribution < 1.29 is 23.4 Å². The molecule has 0 aliphatic heterocycles. The number of aromatic hydroxyl groups is 1. The molecule has 0 radical (unpaired) electrons. The third kappa shape index (κ3) is 3.61. The standard InChI is InChI=1S/C9H12N2O5S/c1-2-10-17(15,16)11-8-4-3-6(12)5-7(8)9(13)14/h3-5,10-12H,2H2,1H3,(H,13,14). The van der Waals surface area contributed by atoms with Gasteiger partial charge in [-0.2, -0.15) is 13.1 Å². The van der Waals surface area contributed by atoms with Crippen molar-refractivity contribution in [1.82, 2.24) is 4.72 Å². The van der Waals surface area contributed by atoms with Crippen molar-refractivity contribution in [2.45, 2.75) is 6.92 Å². The number of carboxylic acids is 1. The highest BCUT2D eigenvalue weighted by atomic mass is 32.2. The van der Waals surface area contributed by atoms with Gasteiger partial charge < -0.3 is 10.2 Å². The molecule has 4 N–H and O–H groups in total. The molecule has 0 heterocycles. The summed E-state index contributed by atoms with van der Waals surface area (Å²) in [5, 5.41) is 18.0. The van der Waals surface area contributed by atoms with Crippen LogP contribution in [-0.4, -0.2) is 31.1 Å². The van der Waals surface area contributed by atoms with Gasteiger partial charge in [0.1, 0.15) is 5.75 Å². The summed E-state index contributed by atoms with van der Waals surface area (Å²) in [7, 11) is -3.80. The number of hydrogen-bond acceptors (Lipinski definition) is 4. The van der Waals surface area contributed by atoms with Crippen LogP contribution in [0.1, 0.15) is 17.3 Å². The molecule has 94 valence electrons. The maximum atomic E-state index is 11.4. The first-order valence-corrected chi connectivity index (χ1v) is 6.17. The highest BCUT2D eigenvalue weighted by Gasteiger charge is 2.15. The lowest BCUT2D eigenvalue weighted by Crippen LogP contribution is -2.30. The van der Waals surface area contributed by atoms with Crippen molar-refractivity contribution in [3.05, 3.63) is 23.8 Å². The SMILES string of the molecule is CCNS(=O)(=O)Nc1ccc(O)cc1C(=O)O. The number of hydrogen-bond donors (Lipinski definition) is 4. The van der Waals surface area contributed by atoms with Gasteiger partial charge in [-0.1, -0.05) is 6.92 Å². The third-order valence-corrected chi connectivity index (χ3v) is 2.97. The van der Waals surface area contributed by atoms with Crippen LogP contribution in [0.2, 0.25) is 0 Å². The number of rotatable bonds is 5. The summed E-state index contributed by atoms with van der Waals surface area (Å²) in [5.41, 5.74) is -0.442. The quantitative estimate of drug-likeness (QED) is 0.570. The maximum absolute atomic E-state index is 11.4. The zero-order valence-corrected chi connectivity index (χ0v) is 9.78. The second kappa shape index (κ2) is 5.02. The van der Waals surface area contributed by atoms with Crippen LogP contribution in [0.4, 0.5) is 5.69 Å². The Bertz CT molecular complexity index is 526. The lowest BCUT2D eigenvalue weighted by Gasteiger charge is -2.10. The first-order chi connectivity index (χ1) is 7.85. The predicted molar refractivity (Wildman–Crippen MR) is 61.3 cm³/mol. The van der Waals surface area contributed by atoms with Gasteiger partial charge in [-0.25, -0.2) is 4.79 Å². The van der Waals surface area contributed by atoms with E-state index in [0.717, 1.165) is 6.07 Å². The average Bonchev–Trinajstić information content (AvgIpc) is 2.20. The van der Waals surface area contributed by atoms with Gasteiger partial charge in [0.25, 0.3) is 10.2 Å². The molecule has 8 heteroatoms. The number of phenols is 1. The summed E-state index contributed by atoms with van der Waals surface area (Å²) >= 11 is 0. The first kappa shape index (κ1) is 13.3. The van der Waals surface area contributed by atoms with E-state index >= 15 is 0 Å². The monoisotopic (exact) mass is 260 g/mol. The molecule has 0 bridgehead atoms. The van der Waals surface area contributed by atoms with E-state index in [2.05, 4.69) is 9.44 Å². The van der Waals surface area contributed by atoms with Crippen LogP contribution in [0, 0.1) is 0 Å². The van der Waals surface area contributed by atoms with E-state index in [0.29, 0.717) is 0 Å². The van der Waals surface area contributed by atoms with Gasteiger partial charge in [0, 0.05) is 6.54 Å². The van der Waals surface area contributed by atoms with Crippen molar-refractivity contribution in [2.24, 2.45) is 0 Å². The molecule has 0 fully saturated rings. The fraction of sp³-hybridized carbons (Fsp3) is 0.222. The molecule has 17 heavy (non-hydrogen) atoms. The molecule has 0 amide bonds. The molecule has 0 saturated carbocycles. The van der Waals surface area contributed by atoms with Crippen molar-refractivity contribution in [1.29, 1.82) is 0 Å². The number of carboxylic acid groups (broad SMARTS) is 1. The highest BCUT2D eigenvalue weighted by molar-refractivity contribution is 7.90. The Morgan fingerprint density at radius 1 is 1.41 bits per heavy atom. The van der Waals surface area contributed by atoms with Crippen LogP contribution in [0.15, 0.2) is 18.2 Å². The molecule has 0 spiro atoms. The summed E-state index contributed by atoms with van der Waals surface area (Å²) < 4.78 is 27.0. The van der Waals surface area contributed by atoms with E-state index in [4.69, 9.17) is 10.2 Å². The number of aromatic carboxylic acids is 1. The van der Waals surface area contributed by atoms with Gasteiger partial charge in [0.15, 0.2) is 0 Å². The topological polar surface area (TPSA) is 116 Å². The number of benzene rings is 1. The van der Waals surface area contributed by atoms with Gasteiger partial charge in [-0.15, -0.1) is 0 Å². The molecular weight excluding hydrogens is 248 g/mol. The highest BCUT2D eigenvalue weighted by Crippen LogP contribution is 2.21. The van der Waals surface area contributed by atoms with Crippen LogP contribution in [0.3, 0.4) is 0 Å². The van der Waals surface area contributed by atoms with Crippen molar-refractivity contribution in [2.75, 3.05) is 11.3 Å². The van der Waals surface area contributed by atoms with Crippen molar-refractivity contribution >= 4 is 21.9 Å². The normalized spacial score (nSPS) is 11.1. The summed E-state index contributed by atoms with van der Waals surface area (Å²) in [6.45, 7) is 1.77. The smallest absolute Gasteiger partial charge is 0.337 e. The van der Waals surface area contributed by atoms with Crippen LogP contribution >= 0.6 is 0 Å². The van der Waals surface area contributed by atoms with E-state index in [1.165, 1.54) is 12.1 Å². The summed E-state index contributed by atoms with van der Waals surface area (Å²) in [6, 6.07) is 3.33.